The lowest BCUT2D eigenvalue weighted by Crippen LogP contribution is -2.03. The third kappa shape index (κ3) is 2.10. The maximum absolute atomic E-state index is 11.1. The topological polar surface area (TPSA) is 77.5 Å². The molecule has 0 amide bonds. The largest absolute Gasteiger partial charge is 0.399 e. The van der Waals surface area contributed by atoms with Crippen molar-refractivity contribution in [3.63, 3.8) is 0 Å². The molecule has 0 saturated carbocycles. The number of rotatable bonds is 2. The Balaban J connectivity index is 2.55. The van der Waals surface area contributed by atoms with Crippen molar-refractivity contribution in [1.82, 2.24) is 9.38 Å². The monoisotopic (exact) mass is 225 g/mol. The predicted octanol–water partition coefficient (Wildman–Crippen LogP) is 0.461. The van der Waals surface area contributed by atoms with Crippen molar-refractivity contribution < 1.29 is 8.42 Å². The summed E-state index contributed by atoms with van der Waals surface area (Å²) in [6.07, 6.45) is 4.47. The van der Waals surface area contributed by atoms with Crippen LogP contribution in [0.2, 0.25) is 0 Å². The molecule has 2 aromatic heterocycles. The van der Waals surface area contributed by atoms with Gasteiger partial charge in [-0.25, -0.2) is 13.4 Å². The van der Waals surface area contributed by atoms with Crippen LogP contribution in [-0.2, 0) is 15.6 Å². The highest BCUT2D eigenvalue weighted by Gasteiger charge is 2.09. The minimum atomic E-state index is -3.04. The molecule has 2 aromatic rings. The van der Waals surface area contributed by atoms with Crippen molar-refractivity contribution in [1.29, 1.82) is 0 Å². The van der Waals surface area contributed by atoms with Gasteiger partial charge in [-0.3, -0.25) is 0 Å². The van der Waals surface area contributed by atoms with Crippen LogP contribution in [-0.4, -0.2) is 24.1 Å². The Bertz CT molecular complexity index is 601. The van der Waals surface area contributed by atoms with Gasteiger partial charge >= 0.3 is 0 Å². The Kier molecular flexibility index (Phi) is 2.15. The van der Waals surface area contributed by atoms with Gasteiger partial charge in [0.05, 0.1) is 17.6 Å². The summed E-state index contributed by atoms with van der Waals surface area (Å²) in [5.41, 5.74) is 7.51. The third-order valence-electron chi connectivity index (χ3n) is 2.02. The van der Waals surface area contributed by atoms with E-state index in [-0.39, 0.29) is 5.75 Å². The van der Waals surface area contributed by atoms with Gasteiger partial charge in [0.2, 0.25) is 0 Å². The van der Waals surface area contributed by atoms with Gasteiger partial charge in [-0.2, -0.15) is 0 Å². The number of anilines is 1. The first-order chi connectivity index (χ1) is 6.96. The molecular weight excluding hydrogens is 214 g/mol. The molecule has 0 aliphatic carbocycles. The van der Waals surface area contributed by atoms with Crippen molar-refractivity contribution in [2.75, 3.05) is 12.0 Å². The van der Waals surface area contributed by atoms with E-state index in [0.717, 1.165) is 0 Å². The molecule has 5 nitrogen and oxygen atoms in total. The maximum atomic E-state index is 11.1. The molecule has 80 valence electrons. The van der Waals surface area contributed by atoms with Gasteiger partial charge in [0, 0.05) is 24.2 Å². The molecule has 0 fully saturated rings. The number of fused-ring (bicyclic) bond motifs is 1. The second-order valence-corrected chi connectivity index (χ2v) is 5.65. The molecule has 0 radical (unpaired) electrons. The molecule has 0 aliphatic rings. The fraction of sp³-hybridized carbons (Fsp3) is 0.222. The minimum absolute atomic E-state index is 0.0158. The Morgan fingerprint density at radius 1 is 1.53 bits per heavy atom. The van der Waals surface area contributed by atoms with Crippen LogP contribution in [0.4, 0.5) is 5.69 Å². The molecule has 2 N–H and O–H groups in total. The van der Waals surface area contributed by atoms with Crippen LogP contribution in [0.3, 0.4) is 0 Å². The number of sulfone groups is 1. The normalized spacial score (nSPS) is 12.1. The van der Waals surface area contributed by atoms with Crippen LogP contribution in [0.15, 0.2) is 24.5 Å². The molecule has 6 heteroatoms. The highest BCUT2D eigenvalue weighted by molar-refractivity contribution is 7.89. The van der Waals surface area contributed by atoms with E-state index in [1.165, 1.54) is 6.26 Å². The summed E-state index contributed by atoms with van der Waals surface area (Å²) in [6.45, 7) is 0. The molecule has 0 bridgehead atoms. The number of nitrogen functional groups attached to an aromatic ring is 1. The van der Waals surface area contributed by atoms with E-state index in [2.05, 4.69) is 4.98 Å². The van der Waals surface area contributed by atoms with Crippen molar-refractivity contribution in [2.45, 2.75) is 5.75 Å². The standard InChI is InChI=1S/C9H11N3O2S/c1-15(13,14)6-8-5-11-9-4-7(10)2-3-12(8)9/h2-5H,6,10H2,1H3. The molecule has 0 aromatic carbocycles. The van der Waals surface area contributed by atoms with Crippen molar-refractivity contribution in [3.8, 4) is 0 Å². The number of aromatic nitrogens is 2. The van der Waals surface area contributed by atoms with Crippen molar-refractivity contribution in [3.05, 3.63) is 30.2 Å². The average Bonchev–Trinajstić information content (AvgIpc) is 2.45. The van der Waals surface area contributed by atoms with Gasteiger partial charge in [-0.1, -0.05) is 0 Å². The third-order valence-corrected chi connectivity index (χ3v) is 2.84. The molecule has 0 atom stereocenters. The van der Waals surface area contributed by atoms with Crippen LogP contribution in [0, 0.1) is 0 Å². The molecule has 0 saturated heterocycles. The van der Waals surface area contributed by atoms with E-state index in [4.69, 9.17) is 5.73 Å². The maximum Gasteiger partial charge on any atom is 0.153 e. The fourth-order valence-electron chi connectivity index (χ4n) is 1.42. The lowest BCUT2D eigenvalue weighted by Gasteiger charge is -2.00. The first kappa shape index (κ1) is 9.97. The van der Waals surface area contributed by atoms with Crippen LogP contribution < -0.4 is 5.73 Å². The van der Waals surface area contributed by atoms with Gasteiger partial charge in [0.25, 0.3) is 0 Å². The highest BCUT2D eigenvalue weighted by atomic mass is 32.2. The van der Waals surface area contributed by atoms with Crippen molar-refractivity contribution >= 4 is 21.2 Å². The lowest BCUT2D eigenvalue weighted by molar-refractivity contribution is 0.600. The zero-order chi connectivity index (χ0) is 11.1. The molecule has 15 heavy (non-hydrogen) atoms. The summed E-state index contributed by atoms with van der Waals surface area (Å²) in [7, 11) is -3.04. The number of pyridine rings is 1. The molecule has 0 aliphatic heterocycles. The Morgan fingerprint density at radius 3 is 2.93 bits per heavy atom. The van der Waals surface area contributed by atoms with Gasteiger partial charge in [-0.05, 0) is 6.07 Å². The molecule has 0 spiro atoms. The van der Waals surface area contributed by atoms with Crippen LogP contribution in [0.5, 0.6) is 0 Å². The quantitative estimate of drug-likeness (QED) is 0.805. The van der Waals surface area contributed by atoms with E-state index in [9.17, 15) is 8.42 Å². The zero-order valence-electron chi connectivity index (χ0n) is 8.21. The van der Waals surface area contributed by atoms with E-state index in [1.807, 2.05) is 0 Å². The summed E-state index contributed by atoms with van der Waals surface area (Å²) in [6, 6.07) is 3.41. The summed E-state index contributed by atoms with van der Waals surface area (Å²) in [5, 5.41) is 0. The molecule has 0 unspecified atom stereocenters. The second kappa shape index (κ2) is 3.23. The lowest BCUT2D eigenvalue weighted by atomic mass is 10.4. The number of hydrogen-bond acceptors (Lipinski definition) is 4. The number of nitrogens with two attached hydrogens (primary N) is 1. The Morgan fingerprint density at radius 2 is 2.27 bits per heavy atom. The Hall–Kier alpha value is -1.56. The average molecular weight is 225 g/mol. The summed E-state index contributed by atoms with van der Waals surface area (Å²) >= 11 is 0. The SMILES string of the molecule is CS(=O)(=O)Cc1cnc2cc(N)ccn12. The summed E-state index contributed by atoms with van der Waals surface area (Å²) in [5.74, 6) is -0.0158. The number of nitrogens with zero attached hydrogens (tertiary/aromatic N) is 2. The van der Waals surface area contributed by atoms with Crippen LogP contribution >= 0.6 is 0 Å². The number of imidazole rings is 1. The van der Waals surface area contributed by atoms with Gasteiger partial charge in [0.1, 0.15) is 5.65 Å². The summed E-state index contributed by atoms with van der Waals surface area (Å²) in [4.78, 5) is 4.08. The van der Waals surface area contributed by atoms with E-state index < -0.39 is 9.84 Å². The molecule has 2 heterocycles. The molecular formula is C9H11N3O2S. The molecule has 2 rings (SSSR count). The Labute approximate surface area is 87.5 Å². The first-order valence-corrected chi connectivity index (χ1v) is 6.41. The highest BCUT2D eigenvalue weighted by Crippen LogP contribution is 2.12. The summed E-state index contributed by atoms with van der Waals surface area (Å²) < 4.78 is 24.0. The zero-order valence-corrected chi connectivity index (χ0v) is 9.03. The van der Waals surface area contributed by atoms with Gasteiger partial charge in [-0.15, -0.1) is 0 Å². The van der Waals surface area contributed by atoms with Gasteiger partial charge in [0.15, 0.2) is 9.84 Å². The van der Waals surface area contributed by atoms with Crippen LogP contribution in [0.25, 0.3) is 5.65 Å². The van der Waals surface area contributed by atoms with E-state index in [1.54, 1.807) is 28.9 Å². The van der Waals surface area contributed by atoms with Gasteiger partial charge < -0.3 is 10.1 Å². The fourth-order valence-corrected chi connectivity index (χ4v) is 2.18. The second-order valence-electron chi connectivity index (χ2n) is 3.51. The van der Waals surface area contributed by atoms with E-state index >= 15 is 0 Å². The van der Waals surface area contributed by atoms with Crippen molar-refractivity contribution in [2.24, 2.45) is 0 Å². The first-order valence-electron chi connectivity index (χ1n) is 4.35. The minimum Gasteiger partial charge on any atom is -0.399 e. The smallest absolute Gasteiger partial charge is 0.153 e. The van der Waals surface area contributed by atoms with Crippen LogP contribution in [0.1, 0.15) is 5.69 Å². The predicted molar refractivity (Wildman–Crippen MR) is 58.2 cm³/mol. The van der Waals surface area contributed by atoms with E-state index in [0.29, 0.717) is 17.0 Å². The number of hydrogen-bond donors (Lipinski definition) is 1.